The standard InChI is InChI=1S/C18H21N7O/c1-23(2)16-14-11-13(3-4-15(14)21-12-22-16)24-7-9-25(10-8-24)17-18(26)20-6-5-19-17/h3-6,11-12H,7-10H2,1-2H3,(H,20,26). The van der Waals surface area contributed by atoms with Crippen molar-refractivity contribution >= 4 is 28.2 Å². The van der Waals surface area contributed by atoms with Crippen LogP contribution in [0.2, 0.25) is 0 Å². The molecule has 1 aliphatic heterocycles. The van der Waals surface area contributed by atoms with Gasteiger partial charge in [-0.3, -0.25) is 4.79 Å². The van der Waals surface area contributed by atoms with Crippen molar-refractivity contribution in [3.8, 4) is 0 Å². The zero-order valence-electron chi connectivity index (χ0n) is 14.9. The Morgan fingerprint density at radius 1 is 1.04 bits per heavy atom. The molecule has 1 N–H and O–H groups in total. The van der Waals surface area contributed by atoms with E-state index in [9.17, 15) is 4.79 Å². The highest BCUT2D eigenvalue weighted by molar-refractivity contribution is 5.91. The second-order valence-electron chi connectivity index (χ2n) is 6.51. The number of H-pyrrole nitrogens is 1. The van der Waals surface area contributed by atoms with Crippen LogP contribution in [-0.4, -0.2) is 60.2 Å². The lowest BCUT2D eigenvalue weighted by Crippen LogP contribution is -2.48. The van der Waals surface area contributed by atoms with Gasteiger partial charge in [-0.2, -0.15) is 0 Å². The Balaban J connectivity index is 1.57. The maximum atomic E-state index is 11.9. The maximum absolute atomic E-state index is 11.9. The summed E-state index contributed by atoms with van der Waals surface area (Å²) in [4.78, 5) is 33.9. The number of aromatic amines is 1. The van der Waals surface area contributed by atoms with Gasteiger partial charge in [-0.25, -0.2) is 15.0 Å². The number of benzene rings is 1. The highest BCUT2D eigenvalue weighted by atomic mass is 16.1. The van der Waals surface area contributed by atoms with Gasteiger partial charge < -0.3 is 19.7 Å². The van der Waals surface area contributed by atoms with Gasteiger partial charge in [0.15, 0.2) is 5.82 Å². The van der Waals surface area contributed by atoms with Gasteiger partial charge in [-0.15, -0.1) is 0 Å². The second kappa shape index (κ2) is 6.62. The summed E-state index contributed by atoms with van der Waals surface area (Å²) in [7, 11) is 3.97. The molecule has 1 aliphatic rings. The molecule has 0 spiro atoms. The van der Waals surface area contributed by atoms with Crippen molar-refractivity contribution in [1.29, 1.82) is 0 Å². The third-order valence-corrected chi connectivity index (χ3v) is 4.65. The monoisotopic (exact) mass is 351 g/mol. The summed E-state index contributed by atoms with van der Waals surface area (Å²) >= 11 is 0. The fraction of sp³-hybridized carbons (Fsp3) is 0.333. The SMILES string of the molecule is CN(C)c1ncnc2ccc(N3CCN(c4ncc[nH]c4=O)CC3)cc12. The molecule has 1 aromatic carbocycles. The van der Waals surface area contributed by atoms with E-state index in [1.165, 1.54) is 0 Å². The van der Waals surface area contributed by atoms with Crippen molar-refractivity contribution in [3.05, 3.63) is 47.3 Å². The van der Waals surface area contributed by atoms with E-state index in [1.54, 1.807) is 18.7 Å². The number of nitrogens with zero attached hydrogens (tertiary/aromatic N) is 6. The van der Waals surface area contributed by atoms with Crippen LogP contribution in [0, 0.1) is 0 Å². The van der Waals surface area contributed by atoms with Gasteiger partial charge in [0, 0.05) is 63.7 Å². The van der Waals surface area contributed by atoms with Crippen molar-refractivity contribution in [1.82, 2.24) is 19.9 Å². The highest BCUT2D eigenvalue weighted by Crippen LogP contribution is 2.27. The van der Waals surface area contributed by atoms with Crippen molar-refractivity contribution in [2.24, 2.45) is 0 Å². The summed E-state index contributed by atoms with van der Waals surface area (Å²) in [6.45, 7) is 3.16. The predicted molar refractivity (Wildman–Crippen MR) is 103 cm³/mol. The van der Waals surface area contributed by atoms with E-state index >= 15 is 0 Å². The molecule has 0 radical (unpaired) electrons. The Labute approximate surface area is 151 Å². The molecule has 2 aromatic heterocycles. The molecule has 4 rings (SSSR count). The van der Waals surface area contributed by atoms with E-state index in [1.807, 2.05) is 30.0 Å². The molecule has 3 aromatic rings. The molecule has 8 heteroatoms. The summed E-state index contributed by atoms with van der Waals surface area (Å²) in [5.74, 6) is 1.41. The number of fused-ring (bicyclic) bond motifs is 1. The molecule has 0 aliphatic carbocycles. The topological polar surface area (TPSA) is 81.2 Å². The number of rotatable bonds is 3. The van der Waals surface area contributed by atoms with Crippen LogP contribution >= 0.6 is 0 Å². The van der Waals surface area contributed by atoms with E-state index in [4.69, 9.17) is 0 Å². The first-order valence-corrected chi connectivity index (χ1v) is 8.59. The minimum Gasteiger partial charge on any atom is -0.368 e. The van der Waals surface area contributed by atoms with Crippen LogP contribution in [0.5, 0.6) is 0 Å². The molecule has 0 unspecified atom stereocenters. The highest BCUT2D eigenvalue weighted by Gasteiger charge is 2.20. The third-order valence-electron chi connectivity index (χ3n) is 4.65. The molecule has 1 fully saturated rings. The van der Waals surface area contributed by atoms with Gasteiger partial charge in [0.25, 0.3) is 5.56 Å². The van der Waals surface area contributed by atoms with Crippen LogP contribution in [-0.2, 0) is 0 Å². The lowest BCUT2D eigenvalue weighted by molar-refractivity contribution is 0.644. The smallest absolute Gasteiger partial charge is 0.290 e. The van der Waals surface area contributed by atoms with Gasteiger partial charge in [-0.05, 0) is 18.2 Å². The Morgan fingerprint density at radius 3 is 2.54 bits per heavy atom. The molecule has 8 nitrogen and oxygen atoms in total. The molecule has 0 atom stereocenters. The molecule has 0 amide bonds. The molecule has 0 saturated carbocycles. The number of aromatic nitrogens is 4. The zero-order chi connectivity index (χ0) is 18.1. The predicted octanol–water partition coefficient (Wildman–Crippen LogP) is 1.11. The van der Waals surface area contributed by atoms with Crippen molar-refractivity contribution in [3.63, 3.8) is 0 Å². The first-order valence-electron chi connectivity index (χ1n) is 8.59. The number of hydrogen-bond donors (Lipinski definition) is 1. The van der Waals surface area contributed by atoms with Crippen LogP contribution in [0.1, 0.15) is 0 Å². The summed E-state index contributed by atoms with van der Waals surface area (Å²) in [5, 5.41) is 1.04. The van der Waals surface area contributed by atoms with E-state index in [0.29, 0.717) is 5.82 Å². The molecule has 0 bridgehead atoms. The van der Waals surface area contributed by atoms with Crippen LogP contribution in [0.3, 0.4) is 0 Å². The molecular weight excluding hydrogens is 330 g/mol. The first kappa shape index (κ1) is 16.3. The number of piperazine rings is 1. The summed E-state index contributed by atoms with van der Waals surface area (Å²) in [5.41, 5.74) is 1.94. The molecular formula is C18H21N7O. The van der Waals surface area contributed by atoms with E-state index in [-0.39, 0.29) is 5.56 Å². The van der Waals surface area contributed by atoms with E-state index in [0.717, 1.165) is 48.6 Å². The molecule has 134 valence electrons. The average Bonchev–Trinajstić information content (AvgIpc) is 2.67. The van der Waals surface area contributed by atoms with Crippen molar-refractivity contribution in [2.45, 2.75) is 0 Å². The summed E-state index contributed by atoms with van der Waals surface area (Å²) in [6, 6.07) is 6.28. The van der Waals surface area contributed by atoms with Crippen LogP contribution < -0.4 is 20.3 Å². The van der Waals surface area contributed by atoms with Crippen LogP contribution in [0.25, 0.3) is 10.9 Å². The van der Waals surface area contributed by atoms with Gasteiger partial charge in [0.2, 0.25) is 0 Å². The Kier molecular flexibility index (Phi) is 4.16. The average molecular weight is 351 g/mol. The lowest BCUT2D eigenvalue weighted by atomic mass is 10.1. The normalized spacial score (nSPS) is 14.7. The largest absolute Gasteiger partial charge is 0.368 e. The minimum absolute atomic E-state index is 0.139. The summed E-state index contributed by atoms with van der Waals surface area (Å²) < 4.78 is 0. The minimum atomic E-state index is -0.139. The third kappa shape index (κ3) is 2.94. The number of nitrogens with one attached hydrogen (secondary N) is 1. The van der Waals surface area contributed by atoms with Gasteiger partial charge in [-0.1, -0.05) is 0 Å². The van der Waals surface area contributed by atoms with Crippen molar-refractivity contribution in [2.75, 3.05) is 55.0 Å². The number of hydrogen-bond acceptors (Lipinski definition) is 7. The maximum Gasteiger partial charge on any atom is 0.290 e. The van der Waals surface area contributed by atoms with Gasteiger partial charge in [0.1, 0.15) is 12.1 Å². The second-order valence-corrected chi connectivity index (χ2v) is 6.51. The summed E-state index contributed by atoms with van der Waals surface area (Å²) in [6.07, 6.45) is 4.78. The number of anilines is 3. The fourth-order valence-corrected chi connectivity index (χ4v) is 3.33. The van der Waals surface area contributed by atoms with E-state index < -0.39 is 0 Å². The quantitative estimate of drug-likeness (QED) is 0.757. The fourth-order valence-electron chi connectivity index (χ4n) is 3.33. The first-order chi connectivity index (χ1) is 12.6. The zero-order valence-corrected chi connectivity index (χ0v) is 14.9. The molecule has 26 heavy (non-hydrogen) atoms. The van der Waals surface area contributed by atoms with Gasteiger partial charge in [0.05, 0.1) is 5.52 Å². The Hall–Kier alpha value is -3.16. The van der Waals surface area contributed by atoms with Crippen LogP contribution in [0.4, 0.5) is 17.3 Å². The lowest BCUT2D eigenvalue weighted by Gasteiger charge is -2.36. The Morgan fingerprint density at radius 2 is 1.81 bits per heavy atom. The van der Waals surface area contributed by atoms with E-state index in [2.05, 4.69) is 37.0 Å². The van der Waals surface area contributed by atoms with Gasteiger partial charge >= 0.3 is 0 Å². The van der Waals surface area contributed by atoms with Crippen molar-refractivity contribution < 1.29 is 0 Å². The van der Waals surface area contributed by atoms with Crippen LogP contribution in [0.15, 0.2) is 41.7 Å². The Bertz CT molecular complexity index is 976. The molecule has 1 saturated heterocycles. The molecule has 3 heterocycles.